The third-order valence-corrected chi connectivity index (χ3v) is 4.22. The Morgan fingerprint density at radius 3 is 2.10 bits per heavy atom. The zero-order valence-electron chi connectivity index (χ0n) is 18.2. The molecule has 30 heavy (non-hydrogen) atoms. The SMILES string of the molecule is CN=C(NCc1ccc(NC(=O)NC(C)C)cc1)NCc1ccc(OC)c(OC)c1. The minimum Gasteiger partial charge on any atom is -0.493 e. The molecule has 2 rings (SSSR count). The van der Waals surface area contributed by atoms with Crippen LogP contribution < -0.4 is 30.7 Å². The number of carbonyl (C=O) groups excluding carboxylic acids is 1. The van der Waals surface area contributed by atoms with E-state index < -0.39 is 0 Å². The van der Waals surface area contributed by atoms with Crippen LogP contribution in [0.25, 0.3) is 0 Å². The van der Waals surface area contributed by atoms with E-state index in [-0.39, 0.29) is 12.1 Å². The van der Waals surface area contributed by atoms with Gasteiger partial charge in [-0.1, -0.05) is 18.2 Å². The smallest absolute Gasteiger partial charge is 0.319 e. The number of anilines is 1. The number of carbonyl (C=O) groups is 1. The lowest BCUT2D eigenvalue weighted by Gasteiger charge is -2.14. The number of aliphatic imine (C=N–C) groups is 1. The van der Waals surface area contributed by atoms with Crippen molar-refractivity contribution in [3.05, 3.63) is 53.6 Å². The number of hydrogen-bond donors (Lipinski definition) is 4. The number of guanidine groups is 1. The highest BCUT2D eigenvalue weighted by molar-refractivity contribution is 5.89. The van der Waals surface area contributed by atoms with Gasteiger partial charge in [0.1, 0.15) is 0 Å². The zero-order valence-corrected chi connectivity index (χ0v) is 18.2. The number of nitrogens with one attached hydrogen (secondary N) is 4. The minimum atomic E-state index is -0.212. The second kappa shape index (κ2) is 11.5. The van der Waals surface area contributed by atoms with Crippen molar-refractivity contribution in [2.45, 2.75) is 33.0 Å². The molecule has 0 heterocycles. The van der Waals surface area contributed by atoms with Crippen LogP contribution in [-0.4, -0.2) is 39.3 Å². The fourth-order valence-electron chi connectivity index (χ4n) is 2.72. The van der Waals surface area contributed by atoms with Gasteiger partial charge in [0.2, 0.25) is 0 Å². The molecule has 0 radical (unpaired) electrons. The molecule has 0 aliphatic carbocycles. The average Bonchev–Trinajstić information content (AvgIpc) is 2.74. The highest BCUT2D eigenvalue weighted by Gasteiger charge is 2.06. The van der Waals surface area contributed by atoms with E-state index in [4.69, 9.17) is 9.47 Å². The van der Waals surface area contributed by atoms with Crippen molar-refractivity contribution in [3.63, 3.8) is 0 Å². The Bertz CT molecular complexity index is 850. The van der Waals surface area contributed by atoms with Crippen LogP contribution >= 0.6 is 0 Å². The largest absolute Gasteiger partial charge is 0.493 e. The highest BCUT2D eigenvalue weighted by atomic mass is 16.5. The van der Waals surface area contributed by atoms with E-state index in [9.17, 15) is 4.79 Å². The molecule has 0 atom stereocenters. The van der Waals surface area contributed by atoms with Crippen LogP contribution in [-0.2, 0) is 13.1 Å². The summed E-state index contributed by atoms with van der Waals surface area (Å²) in [6, 6.07) is 13.3. The third kappa shape index (κ3) is 7.20. The molecule has 0 bridgehead atoms. The molecule has 8 nitrogen and oxygen atoms in total. The van der Waals surface area contributed by atoms with Crippen molar-refractivity contribution >= 4 is 17.7 Å². The monoisotopic (exact) mass is 413 g/mol. The first-order valence-corrected chi connectivity index (χ1v) is 9.77. The van der Waals surface area contributed by atoms with Crippen molar-refractivity contribution in [3.8, 4) is 11.5 Å². The summed E-state index contributed by atoms with van der Waals surface area (Å²) < 4.78 is 10.6. The fraction of sp³-hybridized carbons (Fsp3) is 0.364. The van der Waals surface area contributed by atoms with Gasteiger partial charge in [-0.2, -0.15) is 0 Å². The number of urea groups is 1. The molecular weight excluding hydrogens is 382 g/mol. The van der Waals surface area contributed by atoms with Crippen molar-refractivity contribution in [2.24, 2.45) is 4.99 Å². The van der Waals surface area contributed by atoms with Gasteiger partial charge in [0.05, 0.1) is 14.2 Å². The van der Waals surface area contributed by atoms with Crippen molar-refractivity contribution in [1.29, 1.82) is 0 Å². The van der Waals surface area contributed by atoms with Gasteiger partial charge in [0, 0.05) is 31.9 Å². The molecule has 2 amide bonds. The van der Waals surface area contributed by atoms with E-state index in [2.05, 4.69) is 26.3 Å². The normalized spacial score (nSPS) is 11.1. The molecule has 0 spiro atoms. The maximum atomic E-state index is 11.8. The summed E-state index contributed by atoms with van der Waals surface area (Å²) in [5, 5.41) is 12.2. The van der Waals surface area contributed by atoms with Crippen molar-refractivity contribution in [1.82, 2.24) is 16.0 Å². The van der Waals surface area contributed by atoms with Gasteiger partial charge in [0.25, 0.3) is 0 Å². The first kappa shape index (κ1) is 22.9. The molecule has 4 N–H and O–H groups in total. The van der Waals surface area contributed by atoms with E-state index in [1.54, 1.807) is 21.3 Å². The summed E-state index contributed by atoms with van der Waals surface area (Å²) >= 11 is 0. The van der Waals surface area contributed by atoms with Crippen LogP contribution in [0.15, 0.2) is 47.5 Å². The fourth-order valence-corrected chi connectivity index (χ4v) is 2.72. The molecule has 162 valence electrons. The van der Waals surface area contributed by atoms with Crippen LogP contribution in [0.5, 0.6) is 11.5 Å². The van der Waals surface area contributed by atoms with Crippen LogP contribution in [0.2, 0.25) is 0 Å². The topological polar surface area (TPSA) is 96.0 Å². The minimum absolute atomic E-state index is 0.0896. The summed E-state index contributed by atoms with van der Waals surface area (Å²) in [7, 11) is 4.96. The van der Waals surface area contributed by atoms with Gasteiger partial charge < -0.3 is 30.7 Å². The quantitative estimate of drug-likeness (QED) is 0.394. The molecule has 0 aliphatic heterocycles. The van der Waals surface area contributed by atoms with E-state index in [0.717, 1.165) is 16.8 Å². The van der Waals surface area contributed by atoms with Gasteiger partial charge >= 0.3 is 6.03 Å². The third-order valence-electron chi connectivity index (χ3n) is 4.22. The van der Waals surface area contributed by atoms with Gasteiger partial charge in [-0.25, -0.2) is 4.79 Å². The molecule has 2 aromatic rings. The highest BCUT2D eigenvalue weighted by Crippen LogP contribution is 2.27. The average molecular weight is 414 g/mol. The number of nitrogens with zero attached hydrogens (tertiary/aromatic N) is 1. The van der Waals surface area contributed by atoms with Gasteiger partial charge in [0.15, 0.2) is 17.5 Å². The molecule has 2 aromatic carbocycles. The van der Waals surface area contributed by atoms with Gasteiger partial charge in [-0.05, 0) is 49.2 Å². The zero-order chi connectivity index (χ0) is 21.9. The summed E-state index contributed by atoms with van der Waals surface area (Å²) in [4.78, 5) is 16.0. The number of methoxy groups -OCH3 is 2. The molecule has 8 heteroatoms. The molecule has 0 aliphatic rings. The molecule has 0 unspecified atom stereocenters. The predicted octanol–water partition coefficient (Wildman–Crippen LogP) is 3.10. The van der Waals surface area contributed by atoms with Crippen LogP contribution in [0.3, 0.4) is 0 Å². The standard InChI is InChI=1S/C22H31N5O3/c1-15(2)26-22(28)27-18-9-6-16(7-10-18)13-24-21(23-3)25-14-17-8-11-19(29-4)20(12-17)30-5/h6-12,15H,13-14H2,1-5H3,(H2,23,24,25)(H2,26,27,28). The lowest BCUT2D eigenvalue weighted by Crippen LogP contribution is -2.36. The molecule has 0 fully saturated rings. The van der Waals surface area contributed by atoms with Crippen LogP contribution in [0.4, 0.5) is 10.5 Å². The summed E-state index contributed by atoms with van der Waals surface area (Å²) in [5.41, 5.74) is 2.86. The van der Waals surface area contributed by atoms with Crippen LogP contribution in [0, 0.1) is 0 Å². The summed E-state index contributed by atoms with van der Waals surface area (Å²) in [6.45, 7) is 5.03. The Morgan fingerprint density at radius 2 is 1.53 bits per heavy atom. The second-order valence-electron chi connectivity index (χ2n) is 6.92. The lowest BCUT2D eigenvalue weighted by atomic mass is 10.2. The predicted molar refractivity (Wildman–Crippen MR) is 120 cm³/mol. The van der Waals surface area contributed by atoms with Crippen molar-refractivity contribution in [2.75, 3.05) is 26.6 Å². The van der Waals surface area contributed by atoms with Crippen molar-refractivity contribution < 1.29 is 14.3 Å². The molecule has 0 aromatic heterocycles. The summed E-state index contributed by atoms with van der Waals surface area (Å²) in [5.74, 6) is 2.07. The van der Waals surface area contributed by atoms with E-state index in [0.29, 0.717) is 30.5 Å². The van der Waals surface area contributed by atoms with E-state index in [1.807, 2.05) is 56.3 Å². The Labute approximate surface area is 178 Å². The molecule has 0 saturated carbocycles. The number of rotatable bonds is 8. The lowest BCUT2D eigenvalue weighted by molar-refractivity contribution is 0.250. The van der Waals surface area contributed by atoms with Gasteiger partial charge in [-0.3, -0.25) is 4.99 Å². The first-order chi connectivity index (χ1) is 14.4. The number of benzene rings is 2. The van der Waals surface area contributed by atoms with Gasteiger partial charge in [-0.15, -0.1) is 0 Å². The number of hydrogen-bond acceptors (Lipinski definition) is 4. The maximum Gasteiger partial charge on any atom is 0.319 e. The Kier molecular flexibility index (Phi) is 8.80. The summed E-state index contributed by atoms with van der Waals surface area (Å²) in [6.07, 6.45) is 0. The van der Waals surface area contributed by atoms with E-state index >= 15 is 0 Å². The maximum absolute atomic E-state index is 11.8. The number of amides is 2. The number of ether oxygens (including phenoxy) is 2. The molecule has 0 saturated heterocycles. The van der Waals surface area contributed by atoms with Crippen LogP contribution in [0.1, 0.15) is 25.0 Å². The Balaban J connectivity index is 1.85. The Morgan fingerprint density at radius 1 is 0.933 bits per heavy atom. The van der Waals surface area contributed by atoms with E-state index in [1.165, 1.54) is 0 Å². The first-order valence-electron chi connectivity index (χ1n) is 9.77. The Hall–Kier alpha value is -3.42. The molecular formula is C22H31N5O3. The second-order valence-corrected chi connectivity index (χ2v) is 6.92.